The van der Waals surface area contributed by atoms with Gasteiger partial charge >= 0.3 is 5.97 Å². The second-order valence-electron chi connectivity index (χ2n) is 6.36. The molecule has 1 aromatic rings. The molecule has 4 heteroatoms. The van der Waals surface area contributed by atoms with Crippen LogP contribution in [0.25, 0.3) is 0 Å². The van der Waals surface area contributed by atoms with Gasteiger partial charge in [-0.05, 0) is 51.4 Å². The van der Waals surface area contributed by atoms with Crippen molar-refractivity contribution in [2.45, 2.75) is 39.2 Å². The van der Waals surface area contributed by atoms with Gasteiger partial charge in [0.1, 0.15) is 6.61 Å². The van der Waals surface area contributed by atoms with E-state index in [0.29, 0.717) is 12.5 Å². The Morgan fingerprint density at radius 1 is 1.45 bits per heavy atom. The Balaban J connectivity index is 2.00. The number of hydrogen-bond donors (Lipinski definition) is 1. The van der Waals surface area contributed by atoms with Crippen LogP contribution in [-0.2, 0) is 9.53 Å². The summed E-state index contributed by atoms with van der Waals surface area (Å²) >= 11 is 6.05. The largest absolute Gasteiger partial charge is 0.464 e. The molecule has 1 saturated heterocycles. The minimum Gasteiger partial charge on any atom is -0.464 e. The molecule has 1 aliphatic rings. The van der Waals surface area contributed by atoms with Gasteiger partial charge in [0, 0.05) is 17.0 Å². The first-order chi connectivity index (χ1) is 9.38. The SMILES string of the molecule is CC(C)(C)C(=O)OCC1NCCC1c1cccc(Cl)c1. The van der Waals surface area contributed by atoms with Gasteiger partial charge in [-0.2, -0.15) is 0 Å². The number of nitrogens with one attached hydrogen (secondary N) is 1. The molecule has 0 spiro atoms. The van der Waals surface area contributed by atoms with E-state index < -0.39 is 5.41 Å². The van der Waals surface area contributed by atoms with Crippen molar-refractivity contribution in [3.8, 4) is 0 Å². The molecule has 0 saturated carbocycles. The molecule has 110 valence electrons. The van der Waals surface area contributed by atoms with Gasteiger partial charge in [-0.3, -0.25) is 4.79 Å². The van der Waals surface area contributed by atoms with Crippen LogP contribution in [0.3, 0.4) is 0 Å². The predicted molar refractivity (Wildman–Crippen MR) is 81.0 cm³/mol. The van der Waals surface area contributed by atoms with Crippen molar-refractivity contribution < 1.29 is 9.53 Å². The summed E-state index contributed by atoms with van der Waals surface area (Å²) in [5, 5.41) is 4.16. The van der Waals surface area contributed by atoms with Crippen LogP contribution in [0, 0.1) is 5.41 Å². The molecule has 2 unspecified atom stereocenters. The van der Waals surface area contributed by atoms with Crippen LogP contribution in [0.2, 0.25) is 5.02 Å². The second-order valence-corrected chi connectivity index (χ2v) is 6.80. The maximum absolute atomic E-state index is 11.8. The fourth-order valence-electron chi connectivity index (χ4n) is 2.46. The average molecular weight is 296 g/mol. The third-order valence-electron chi connectivity index (χ3n) is 3.63. The number of benzene rings is 1. The normalized spacial score (nSPS) is 22.8. The summed E-state index contributed by atoms with van der Waals surface area (Å²) < 4.78 is 5.44. The van der Waals surface area contributed by atoms with E-state index in [9.17, 15) is 4.79 Å². The summed E-state index contributed by atoms with van der Waals surface area (Å²) in [6.45, 7) is 6.95. The fraction of sp³-hybridized carbons (Fsp3) is 0.562. The highest BCUT2D eigenvalue weighted by Crippen LogP contribution is 2.30. The first kappa shape index (κ1) is 15.3. The number of halogens is 1. The van der Waals surface area contributed by atoms with E-state index in [2.05, 4.69) is 11.4 Å². The minimum atomic E-state index is -0.454. The molecule has 0 radical (unpaired) electrons. The van der Waals surface area contributed by atoms with Crippen molar-refractivity contribution in [2.75, 3.05) is 13.2 Å². The van der Waals surface area contributed by atoms with E-state index >= 15 is 0 Å². The highest BCUT2D eigenvalue weighted by molar-refractivity contribution is 6.30. The van der Waals surface area contributed by atoms with E-state index in [1.165, 1.54) is 5.56 Å². The number of hydrogen-bond acceptors (Lipinski definition) is 3. The molecule has 1 aliphatic heterocycles. The molecule has 1 aromatic carbocycles. The van der Waals surface area contributed by atoms with E-state index in [0.717, 1.165) is 18.0 Å². The highest BCUT2D eigenvalue weighted by Gasteiger charge is 2.31. The second kappa shape index (κ2) is 6.15. The predicted octanol–water partition coefficient (Wildman–Crippen LogP) is 3.37. The Morgan fingerprint density at radius 3 is 2.85 bits per heavy atom. The maximum Gasteiger partial charge on any atom is 0.311 e. The minimum absolute atomic E-state index is 0.156. The molecule has 0 amide bonds. The van der Waals surface area contributed by atoms with E-state index in [4.69, 9.17) is 16.3 Å². The van der Waals surface area contributed by atoms with Gasteiger partial charge in [-0.1, -0.05) is 23.7 Å². The lowest BCUT2D eigenvalue weighted by atomic mass is 9.92. The molecule has 0 bridgehead atoms. The Hall–Kier alpha value is -1.06. The van der Waals surface area contributed by atoms with Crippen LogP contribution < -0.4 is 5.32 Å². The molecule has 1 N–H and O–H groups in total. The van der Waals surface area contributed by atoms with Crippen LogP contribution in [0.1, 0.15) is 38.7 Å². The Bertz CT molecular complexity index is 482. The molecule has 3 nitrogen and oxygen atoms in total. The summed E-state index contributed by atoms with van der Waals surface area (Å²) in [5.41, 5.74) is 0.753. The Kier molecular flexibility index (Phi) is 4.71. The van der Waals surface area contributed by atoms with Gasteiger partial charge in [0.15, 0.2) is 0 Å². The zero-order chi connectivity index (χ0) is 14.8. The summed E-state index contributed by atoms with van der Waals surface area (Å²) in [4.78, 5) is 11.8. The first-order valence-electron chi connectivity index (χ1n) is 7.04. The third kappa shape index (κ3) is 3.74. The third-order valence-corrected chi connectivity index (χ3v) is 3.87. The molecule has 20 heavy (non-hydrogen) atoms. The topological polar surface area (TPSA) is 38.3 Å². The fourth-order valence-corrected chi connectivity index (χ4v) is 2.66. The molecular formula is C16H22ClNO2. The quantitative estimate of drug-likeness (QED) is 0.869. The molecule has 0 aromatic heterocycles. The average Bonchev–Trinajstić information content (AvgIpc) is 2.83. The van der Waals surface area contributed by atoms with E-state index in [-0.39, 0.29) is 12.0 Å². The molecule has 1 fully saturated rings. The maximum atomic E-state index is 11.8. The first-order valence-corrected chi connectivity index (χ1v) is 7.42. The summed E-state index contributed by atoms with van der Waals surface area (Å²) in [6.07, 6.45) is 1.04. The number of carbonyl (C=O) groups is 1. The van der Waals surface area contributed by atoms with Crippen LogP contribution in [0.15, 0.2) is 24.3 Å². The Labute approximate surface area is 125 Å². The highest BCUT2D eigenvalue weighted by atomic mass is 35.5. The number of rotatable bonds is 3. The lowest BCUT2D eigenvalue weighted by Crippen LogP contribution is -2.34. The molecule has 1 heterocycles. The van der Waals surface area contributed by atoms with Crippen molar-refractivity contribution in [3.63, 3.8) is 0 Å². The van der Waals surface area contributed by atoms with Crippen LogP contribution in [0.5, 0.6) is 0 Å². The van der Waals surface area contributed by atoms with Crippen molar-refractivity contribution in [1.82, 2.24) is 5.32 Å². The van der Waals surface area contributed by atoms with E-state index in [1.807, 2.05) is 39.0 Å². The monoisotopic (exact) mass is 295 g/mol. The van der Waals surface area contributed by atoms with Gasteiger partial charge < -0.3 is 10.1 Å². The standard InChI is InChI=1S/C16H22ClNO2/c1-16(2,3)15(19)20-10-14-13(7-8-18-14)11-5-4-6-12(17)9-11/h4-6,9,13-14,18H,7-8,10H2,1-3H3. The number of esters is 1. The molecule has 0 aliphatic carbocycles. The van der Waals surface area contributed by atoms with Crippen LogP contribution in [-0.4, -0.2) is 25.2 Å². The lowest BCUT2D eigenvalue weighted by molar-refractivity contribution is -0.153. The molecular weight excluding hydrogens is 274 g/mol. The molecule has 2 atom stereocenters. The number of carbonyl (C=O) groups excluding carboxylic acids is 1. The van der Waals surface area contributed by atoms with Crippen molar-refractivity contribution >= 4 is 17.6 Å². The van der Waals surface area contributed by atoms with Crippen molar-refractivity contribution in [2.24, 2.45) is 5.41 Å². The van der Waals surface area contributed by atoms with Crippen LogP contribution in [0.4, 0.5) is 0 Å². The van der Waals surface area contributed by atoms with Gasteiger partial charge in [0.05, 0.1) is 5.41 Å². The zero-order valence-electron chi connectivity index (χ0n) is 12.3. The van der Waals surface area contributed by atoms with Gasteiger partial charge in [-0.15, -0.1) is 0 Å². The summed E-state index contributed by atoms with van der Waals surface area (Å²) in [5.74, 6) is 0.192. The van der Waals surface area contributed by atoms with Crippen molar-refractivity contribution in [1.29, 1.82) is 0 Å². The lowest BCUT2D eigenvalue weighted by Gasteiger charge is -2.23. The Morgan fingerprint density at radius 2 is 2.20 bits per heavy atom. The van der Waals surface area contributed by atoms with E-state index in [1.54, 1.807) is 0 Å². The van der Waals surface area contributed by atoms with Crippen molar-refractivity contribution in [3.05, 3.63) is 34.9 Å². The van der Waals surface area contributed by atoms with Gasteiger partial charge in [0.25, 0.3) is 0 Å². The van der Waals surface area contributed by atoms with Gasteiger partial charge in [-0.25, -0.2) is 0 Å². The molecule has 2 rings (SSSR count). The van der Waals surface area contributed by atoms with Crippen LogP contribution >= 0.6 is 11.6 Å². The summed E-state index contributed by atoms with van der Waals surface area (Å²) in [6, 6.07) is 8.09. The zero-order valence-corrected chi connectivity index (χ0v) is 13.0. The smallest absolute Gasteiger partial charge is 0.311 e. The van der Waals surface area contributed by atoms with Gasteiger partial charge in [0.2, 0.25) is 0 Å². The summed E-state index contributed by atoms with van der Waals surface area (Å²) in [7, 11) is 0. The number of ether oxygens (including phenoxy) is 1.